The van der Waals surface area contributed by atoms with Crippen LogP contribution in [0.4, 0.5) is 0 Å². The third-order valence-corrected chi connectivity index (χ3v) is 4.37. The minimum absolute atomic E-state index is 0.0790. The predicted octanol–water partition coefficient (Wildman–Crippen LogP) is 0.730. The Morgan fingerprint density at radius 1 is 1.63 bits per heavy atom. The number of aromatic nitrogens is 1. The van der Waals surface area contributed by atoms with Crippen LogP contribution in [0.1, 0.15) is 23.5 Å². The summed E-state index contributed by atoms with van der Waals surface area (Å²) in [5.41, 5.74) is 1.01. The SMILES string of the molecule is CN(C)C(=O)Cc1nc(CN2CCCC2CO)cs1. The number of amides is 1. The summed E-state index contributed by atoms with van der Waals surface area (Å²) < 4.78 is 0. The molecular weight excluding hydrogens is 262 g/mol. The predicted molar refractivity (Wildman–Crippen MR) is 75.0 cm³/mol. The molecule has 1 aliphatic rings. The highest BCUT2D eigenvalue weighted by atomic mass is 32.1. The van der Waals surface area contributed by atoms with Crippen LogP contribution in [0.15, 0.2) is 5.38 Å². The normalized spacial score (nSPS) is 19.8. The summed E-state index contributed by atoms with van der Waals surface area (Å²) >= 11 is 1.54. The first-order valence-electron chi connectivity index (χ1n) is 6.58. The highest BCUT2D eigenvalue weighted by Crippen LogP contribution is 2.20. The van der Waals surface area contributed by atoms with E-state index in [1.165, 1.54) is 11.3 Å². The lowest BCUT2D eigenvalue weighted by Gasteiger charge is -2.21. The molecular formula is C13H21N3O2S. The van der Waals surface area contributed by atoms with Gasteiger partial charge in [-0.25, -0.2) is 4.98 Å². The Labute approximate surface area is 117 Å². The Kier molecular flexibility index (Phi) is 4.90. The van der Waals surface area contributed by atoms with E-state index in [9.17, 15) is 9.90 Å². The van der Waals surface area contributed by atoms with E-state index < -0.39 is 0 Å². The second-order valence-electron chi connectivity index (χ2n) is 5.15. The van der Waals surface area contributed by atoms with Gasteiger partial charge in [-0.05, 0) is 19.4 Å². The van der Waals surface area contributed by atoms with E-state index in [1.807, 2.05) is 5.38 Å². The van der Waals surface area contributed by atoms with Gasteiger partial charge in [0.2, 0.25) is 5.91 Å². The molecule has 6 heteroatoms. The zero-order chi connectivity index (χ0) is 13.8. The maximum Gasteiger partial charge on any atom is 0.228 e. The van der Waals surface area contributed by atoms with Crippen LogP contribution in [0.3, 0.4) is 0 Å². The minimum Gasteiger partial charge on any atom is -0.395 e. The first kappa shape index (κ1) is 14.4. The molecule has 5 nitrogen and oxygen atoms in total. The summed E-state index contributed by atoms with van der Waals surface area (Å²) in [5.74, 6) is 0.0790. The number of carbonyl (C=O) groups excluding carboxylic acids is 1. The third-order valence-electron chi connectivity index (χ3n) is 3.48. The van der Waals surface area contributed by atoms with Crippen molar-refractivity contribution >= 4 is 17.2 Å². The van der Waals surface area contributed by atoms with E-state index in [-0.39, 0.29) is 18.6 Å². The molecule has 0 saturated carbocycles. The first-order chi connectivity index (χ1) is 9.10. The molecule has 0 radical (unpaired) electrons. The number of hydrogen-bond acceptors (Lipinski definition) is 5. The minimum atomic E-state index is 0.0790. The zero-order valence-electron chi connectivity index (χ0n) is 11.5. The molecule has 19 heavy (non-hydrogen) atoms. The number of hydrogen-bond donors (Lipinski definition) is 1. The third kappa shape index (κ3) is 3.75. The highest BCUT2D eigenvalue weighted by Gasteiger charge is 2.24. The number of rotatable bonds is 5. The van der Waals surface area contributed by atoms with Gasteiger partial charge in [0.25, 0.3) is 0 Å². The molecule has 1 atom stereocenters. The summed E-state index contributed by atoms with van der Waals surface area (Å²) in [5, 5.41) is 12.2. The monoisotopic (exact) mass is 283 g/mol. The lowest BCUT2D eigenvalue weighted by Crippen LogP contribution is -2.31. The molecule has 1 aliphatic heterocycles. The molecule has 1 aromatic heterocycles. The highest BCUT2D eigenvalue weighted by molar-refractivity contribution is 7.09. The number of likely N-dealkylation sites (tertiary alicyclic amines) is 1. The molecule has 2 heterocycles. The van der Waals surface area contributed by atoms with Crippen LogP contribution in [0.2, 0.25) is 0 Å². The lowest BCUT2D eigenvalue weighted by molar-refractivity contribution is -0.127. The lowest BCUT2D eigenvalue weighted by atomic mass is 10.2. The number of aliphatic hydroxyl groups excluding tert-OH is 1. The van der Waals surface area contributed by atoms with Crippen molar-refractivity contribution in [1.29, 1.82) is 0 Å². The van der Waals surface area contributed by atoms with E-state index in [0.717, 1.165) is 36.6 Å². The van der Waals surface area contributed by atoms with Crippen molar-refractivity contribution in [2.45, 2.75) is 31.8 Å². The Bertz CT molecular complexity index is 433. The van der Waals surface area contributed by atoms with Crippen LogP contribution < -0.4 is 0 Å². The molecule has 0 aliphatic carbocycles. The van der Waals surface area contributed by atoms with Gasteiger partial charge < -0.3 is 10.0 Å². The van der Waals surface area contributed by atoms with E-state index in [4.69, 9.17) is 0 Å². The van der Waals surface area contributed by atoms with E-state index in [1.54, 1.807) is 19.0 Å². The smallest absolute Gasteiger partial charge is 0.228 e. The molecule has 1 amide bonds. The fourth-order valence-electron chi connectivity index (χ4n) is 2.31. The van der Waals surface area contributed by atoms with Crippen molar-refractivity contribution in [3.63, 3.8) is 0 Å². The standard InChI is InChI=1S/C13H21N3O2S/c1-15(2)13(18)6-12-14-10(9-19-12)7-16-5-3-4-11(16)8-17/h9,11,17H,3-8H2,1-2H3. The van der Waals surface area contributed by atoms with Crippen molar-refractivity contribution in [1.82, 2.24) is 14.8 Å². The van der Waals surface area contributed by atoms with Crippen LogP contribution in [-0.4, -0.2) is 59.1 Å². The van der Waals surface area contributed by atoms with Gasteiger partial charge in [0.15, 0.2) is 0 Å². The summed E-state index contributed by atoms with van der Waals surface area (Å²) in [6, 6.07) is 0.272. The molecule has 0 bridgehead atoms. The van der Waals surface area contributed by atoms with Crippen molar-refractivity contribution in [3.05, 3.63) is 16.1 Å². The summed E-state index contributed by atoms with van der Waals surface area (Å²) in [7, 11) is 3.51. The van der Waals surface area contributed by atoms with Gasteiger partial charge in [0.05, 0.1) is 18.7 Å². The number of nitrogens with zero attached hydrogens (tertiary/aromatic N) is 3. The first-order valence-corrected chi connectivity index (χ1v) is 7.46. The molecule has 1 saturated heterocycles. The Balaban J connectivity index is 1.92. The van der Waals surface area contributed by atoms with Crippen molar-refractivity contribution in [3.8, 4) is 0 Å². The molecule has 1 unspecified atom stereocenters. The van der Waals surface area contributed by atoms with Crippen LogP contribution in [0.25, 0.3) is 0 Å². The quantitative estimate of drug-likeness (QED) is 0.865. The van der Waals surface area contributed by atoms with Crippen LogP contribution >= 0.6 is 11.3 Å². The van der Waals surface area contributed by atoms with Crippen molar-refractivity contribution < 1.29 is 9.90 Å². The summed E-state index contributed by atoms with van der Waals surface area (Å²) in [6.07, 6.45) is 2.58. The van der Waals surface area contributed by atoms with E-state index in [2.05, 4.69) is 9.88 Å². The summed E-state index contributed by atoms with van der Waals surface area (Å²) in [6.45, 7) is 2.02. The average molecular weight is 283 g/mol. The van der Waals surface area contributed by atoms with Crippen LogP contribution in [0, 0.1) is 0 Å². The van der Waals surface area contributed by atoms with E-state index in [0.29, 0.717) is 6.42 Å². The number of likely N-dealkylation sites (N-methyl/N-ethyl adjacent to an activating group) is 1. The maximum atomic E-state index is 11.6. The van der Waals surface area contributed by atoms with Crippen molar-refractivity contribution in [2.24, 2.45) is 0 Å². The van der Waals surface area contributed by atoms with Gasteiger partial charge in [-0.3, -0.25) is 9.69 Å². The van der Waals surface area contributed by atoms with Gasteiger partial charge in [-0.15, -0.1) is 11.3 Å². The fraction of sp³-hybridized carbons (Fsp3) is 0.692. The van der Waals surface area contributed by atoms with Gasteiger partial charge in [-0.1, -0.05) is 0 Å². The molecule has 106 valence electrons. The molecule has 2 rings (SSSR count). The Morgan fingerprint density at radius 3 is 3.11 bits per heavy atom. The van der Waals surface area contributed by atoms with Gasteiger partial charge in [-0.2, -0.15) is 0 Å². The van der Waals surface area contributed by atoms with Gasteiger partial charge in [0, 0.05) is 32.1 Å². The average Bonchev–Trinajstić information content (AvgIpc) is 2.99. The summed E-state index contributed by atoms with van der Waals surface area (Å²) in [4.78, 5) is 20.0. The molecule has 0 aromatic carbocycles. The number of aliphatic hydroxyl groups is 1. The molecule has 1 fully saturated rings. The Hall–Kier alpha value is -0.980. The Morgan fingerprint density at radius 2 is 2.42 bits per heavy atom. The maximum absolute atomic E-state index is 11.6. The zero-order valence-corrected chi connectivity index (χ0v) is 12.3. The molecule has 0 spiro atoms. The largest absolute Gasteiger partial charge is 0.395 e. The van der Waals surface area contributed by atoms with E-state index >= 15 is 0 Å². The van der Waals surface area contributed by atoms with Gasteiger partial charge in [0.1, 0.15) is 5.01 Å². The second kappa shape index (κ2) is 6.45. The number of thiazole rings is 1. The van der Waals surface area contributed by atoms with Crippen molar-refractivity contribution in [2.75, 3.05) is 27.2 Å². The van der Waals surface area contributed by atoms with Crippen LogP contribution in [0.5, 0.6) is 0 Å². The fourth-order valence-corrected chi connectivity index (χ4v) is 3.08. The molecule has 1 aromatic rings. The number of carbonyl (C=O) groups is 1. The molecule has 1 N–H and O–H groups in total. The van der Waals surface area contributed by atoms with Gasteiger partial charge >= 0.3 is 0 Å². The topological polar surface area (TPSA) is 56.7 Å². The van der Waals surface area contributed by atoms with Crippen LogP contribution in [-0.2, 0) is 17.8 Å². The second-order valence-corrected chi connectivity index (χ2v) is 6.09.